The standard InChI is InChI=1S/C13H14F3NO3/c1-8(7-17-12(19)13(14,15)16)9-3-5-10(6-4-9)11(18)20-2/h3-6,8H,7H2,1-2H3,(H,17,19)/t8-/m1/s1. The molecule has 0 aromatic heterocycles. The van der Waals surface area contributed by atoms with Gasteiger partial charge >= 0.3 is 18.1 Å². The van der Waals surface area contributed by atoms with E-state index in [1.807, 2.05) is 5.32 Å². The number of amides is 1. The topological polar surface area (TPSA) is 55.4 Å². The molecule has 0 heterocycles. The van der Waals surface area contributed by atoms with Gasteiger partial charge in [-0.25, -0.2) is 4.79 Å². The molecule has 7 heteroatoms. The largest absolute Gasteiger partial charge is 0.471 e. The van der Waals surface area contributed by atoms with Crippen molar-refractivity contribution in [1.82, 2.24) is 5.32 Å². The molecule has 1 rings (SSSR count). The lowest BCUT2D eigenvalue weighted by atomic mass is 10.00. The highest BCUT2D eigenvalue weighted by molar-refractivity contribution is 5.89. The van der Waals surface area contributed by atoms with Gasteiger partial charge in [-0.15, -0.1) is 0 Å². The van der Waals surface area contributed by atoms with Crippen LogP contribution in [0.5, 0.6) is 0 Å². The minimum atomic E-state index is -4.88. The molecule has 1 atom stereocenters. The van der Waals surface area contributed by atoms with E-state index in [0.29, 0.717) is 11.1 Å². The summed E-state index contributed by atoms with van der Waals surface area (Å²) in [6, 6.07) is 6.25. The Morgan fingerprint density at radius 2 is 1.80 bits per heavy atom. The Kier molecular flexibility index (Phi) is 5.12. The Labute approximate surface area is 113 Å². The molecule has 0 saturated carbocycles. The number of halogens is 3. The molecule has 20 heavy (non-hydrogen) atoms. The van der Waals surface area contributed by atoms with Gasteiger partial charge in [-0.2, -0.15) is 13.2 Å². The van der Waals surface area contributed by atoms with Crippen molar-refractivity contribution < 1.29 is 27.5 Å². The molecular formula is C13H14F3NO3. The summed E-state index contributed by atoms with van der Waals surface area (Å²) in [5.74, 6) is -2.77. The number of carbonyl (C=O) groups excluding carboxylic acids is 2. The van der Waals surface area contributed by atoms with E-state index in [9.17, 15) is 22.8 Å². The maximum Gasteiger partial charge on any atom is 0.471 e. The maximum absolute atomic E-state index is 12.0. The Balaban J connectivity index is 2.62. The zero-order valence-electron chi connectivity index (χ0n) is 11.0. The Hall–Kier alpha value is -2.05. The second-order valence-electron chi connectivity index (χ2n) is 4.22. The van der Waals surface area contributed by atoms with Gasteiger partial charge in [0.15, 0.2) is 0 Å². The van der Waals surface area contributed by atoms with E-state index in [2.05, 4.69) is 4.74 Å². The molecule has 0 unspecified atom stereocenters. The number of hydrogen-bond acceptors (Lipinski definition) is 3. The first-order valence-electron chi connectivity index (χ1n) is 5.79. The molecule has 0 radical (unpaired) electrons. The number of esters is 1. The van der Waals surface area contributed by atoms with Crippen molar-refractivity contribution in [3.05, 3.63) is 35.4 Å². The fraction of sp³-hybridized carbons (Fsp3) is 0.385. The third-order valence-corrected chi connectivity index (χ3v) is 2.73. The number of ether oxygens (including phenoxy) is 1. The lowest BCUT2D eigenvalue weighted by Crippen LogP contribution is -2.38. The number of carbonyl (C=O) groups is 2. The van der Waals surface area contributed by atoms with Crippen LogP contribution in [0, 0.1) is 0 Å². The maximum atomic E-state index is 12.0. The van der Waals surface area contributed by atoms with Crippen molar-refractivity contribution in [3.8, 4) is 0 Å². The fourth-order valence-corrected chi connectivity index (χ4v) is 1.53. The molecule has 1 amide bonds. The summed E-state index contributed by atoms with van der Waals surface area (Å²) in [5.41, 5.74) is 1.06. The molecular weight excluding hydrogens is 275 g/mol. The Bertz CT molecular complexity index is 483. The van der Waals surface area contributed by atoms with Gasteiger partial charge in [0.05, 0.1) is 12.7 Å². The average Bonchev–Trinajstić information content (AvgIpc) is 2.42. The van der Waals surface area contributed by atoms with Crippen molar-refractivity contribution in [2.45, 2.75) is 19.0 Å². The molecule has 1 aromatic rings. The first-order chi connectivity index (χ1) is 9.25. The summed E-state index contributed by atoms with van der Waals surface area (Å²) in [6.45, 7) is 1.53. The lowest BCUT2D eigenvalue weighted by Gasteiger charge is -2.14. The number of alkyl halides is 3. The van der Waals surface area contributed by atoms with E-state index in [-0.39, 0.29) is 12.5 Å². The number of hydrogen-bond donors (Lipinski definition) is 1. The van der Waals surface area contributed by atoms with Crippen molar-refractivity contribution in [2.24, 2.45) is 0 Å². The van der Waals surface area contributed by atoms with Gasteiger partial charge < -0.3 is 10.1 Å². The summed E-state index contributed by atoms with van der Waals surface area (Å²) in [4.78, 5) is 21.9. The predicted molar refractivity (Wildman–Crippen MR) is 65.3 cm³/mol. The summed E-state index contributed by atoms with van der Waals surface area (Å²) < 4.78 is 40.6. The van der Waals surface area contributed by atoms with Crippen molar-refractivity contribution in [3.63, 3.8) is 0 Å². The zero-order valence-corrected chi connectivity index (χ0v) is 11.0. The van der Waals surface area contributed by atoms with E-state index in [1.54, 1.807) is 19.1 Å². The normalized spacial score (nSPS) is 12.7. The smallest absolute Gasteiger partial charge is 0.465 e. The lowest BCUT2D eigenvalue weighted by molar-refractivity contribution is -0.173. The predicted octanol–water partition coefficient (Wildman–Crippen LogP) is 2.26. The Morgan fingerprint density at radius 3 is 2.25 bits per heavy atom. The van der Waals surface area contributed by atoms with Crippen LogP contribution in [0.4, 0.5) is 13.2 Å². The quantitative estimate of drug-likeness (QED) is 0.865. The molecule has 0 aliphatic rings. The van der Waals surface area contributed by atoms with Crippen LogP contribution in [0.1, 0.15) is 28.8 Å². The number of benzene rings is 1. The van der Waals surface area contributed by atoms with E-state index in [1.165, 1.54) is 19.2 Å². The summed E-state index contributed by atoms with van der Waals surface area (Å²) in [7, 11) is 1.26. The molecule has 0 spiro atoms. The van der Waals surface area contributed by atoms with Crippen LogP contribution in [-0.4, -0.2) is 31.7 Å². The number of nitrogens with one attached hydrogen (secondary N) is 1. The molecule has 4 nitrogen and oxygen atoms in total. The molecule has 0 fully saturated rings. The van der Waals surface area contributed by atoms with Crippen LogP contribution in [-0.2, 0) is 9.53 Å². The van der Waals surface area contributed by atoms with Gasteiger partial charge in [-0.1, -0.05) is 19.1 Å². The van der Waals surface area contributed by atoms with Gasteiger partial charge in [0.2, 0.25) is 0 Å². The highest BCUT2D eigenvalue weighted by atomic mass is 19.4. The SMILES string of the molecule is COC(=O)c1ccc([C@H](C)CNC(=O)C(F)(F)F)cc1. The third-order valence-electron chi connectivity index (χ3n) is 2.73. The van der Waals surface area contributed by atoms with E-state index >= 15 is 0 Å². The summed E-state index contributed by atoms with van der Waals surface area (Å²) >= 11 is 0. The minimum Gasteiger partial charge on any atom is -0.465 e. The third kappa shape index (κ3) is 4.25. The molecule has 0 aliphatic carbocycles. The van der Waals surface area contributed by atoms with E-state index in [4.69, 9.17) is 0 Å². The highest BCUT2D eigenvalue weighted by Gasteiger charge is 2.38. The van der Waals surface area contributed by atoms with Crippen molar-refractivity contribution in [2.75, 3.05) is 13.7 Å². The summed E-state index contributed by atoms with van der Waals surface area (Å²) in [5, 5.41) is 1.81. The van der Waals surface area contributed by atoms with E-state index in [0.717, 1.165) is 0 Å². The highest BCUT2D eigenvalue weighted by Crippen LogP contribution is 2.18. The molecule has 0 bridgehead atoms. The molecule has 0 aliphatic heterocycles. The van der Waals surface area contributed by atoms with Crippen LogP contribution in [0.2, 0.25) is 0 Å². The monoisotopic (exact) mass is 289 g/mol. The fourth-order valence-electron chi connectivity index (χ4n) is 1.53. The van der Waals surface area contributed by atoms with Crippen LogP contribution >= 0.6 is 0 Å². The Morgan fingerprint density at radius 1 is 1.25 bits per heavy atom. The molecule has 0 saturated heterocycles. The van der Waals surface area contributed by atoms with Gasteiger partial charge in [0.25, 0.3) is 0 Å². The van der Waals surface area contributed by atoms with Crippen LogP contribution in [0.25, 0.3) is 0 Å². The molecule has 1 N–H and O–H groups in total. The van der Waals surface area contributed by atoms with Crippen molar-refractivity contribution >= 4 is 11.9 Å². The van der Waals surface area contributed by atoms with Crippen LogP contribution in [0.15, 0.2) is 24.3 Å². The second kappa shape index (κ2) is 6.40. The second-order valence-corrected chi connectivity index (χ2v) is 4.22. The minimum absolute atomic E-state index is 0.143. The van der Waals surface area contributed by atoms with Gasteiger partial charge in [0, 0.05) is 6.54 Å². The van der Waals surface area contributed by atoms with Crippen LogP contribution in [0.3, 0.4) is 0 Å². The molecule has 1 aromatic carbocycles. The average molecular weight is 289 g/mol. The van der Waals surface area contributed by atoms with E-state index < -0.39 is 18.1 Å². The molecule has 110 valence electrons. The number of methoxy groups -OCH3 is 1. The van der Waals surface area contributed by atoms with Gasteiger partial charge in [-0.05, 0) is 23.6 Å². The number of rotatable bonds is 4. The zero-order chi connectivity index (χ0) is 15.3. The first kappa shape index (κ1) is 16.0. The van der Waals surface area contributed by atoms with Crippen LogP contribution < -0.4 is 5.32 Å². The summed E-state index contributed by atoms with van der Waals surface area (Å²) in [6.07, 6.45) is -4.88. The van der Waals surface area contributed by atoms with Gasteiger partial charge in [0.1, 0.15) is 0 Å². The first-order valence-corrected chi connectivity index (χ1v) is 5.79. The van der Waals surface area contributed by atoms with Gasteiger partial charge in [-0.3, -0.25) is 4.79 Å². The van der Waals surface area contributed by atoms with Crippen molar-refractivity contribution in [1.29, 1.82) is 0 Å².